The summed E-state index contributed by atoms with van der Waals surface area (Å²) in [5.41, 5.74) is 1.42. The number of thioether (sulfide) groups is 1. The lowest BCUT2D eigenvalue weighted by Crippen LogP contribution is -2.27. The van der Waals surface area contributed by atoms with Gasteiger partial charge in [0.2, 0.25) is 11.1 Å². The molecule has 0 aliphatic carbocycles. The largest absolute Gasteiger partial charge is 0.497 e. The zero-order chi connectivity index (χ0) is 22.0. The Morgan fingerprint density at radius 1 is 1.13 bits per heavy atom. The lowest BCUT2D eigenvalue weighted by Gasteiger charge is -2.14. The van der Waals surface area contributed by atoms with Gasteiger partial charge in [0.05, 0.1) is 23.9 Å². The van der Waals surface area contributed by atoms with Crippen molar-refractivity contribution in [3.8, 4) is 17.4 Å². The number of halogens is 2. The Bertz CT molecular complexity index is 1190. The van der Waals surface area contributed by atoms with E-state index in [9.17, 15) is 9.18 Å². The van der Waals surface area contributed by atoms with Crippen molar-refractivity contribution in [2.75, 3.05) is 12.0 Å². The summed E-state index contributed by atoms with van der Waals surface area (Å²) in [5, 5.41) is -0.119. The first-order chi connectivity index (χ1) is 14.9. The highest BCUT2D eigenvalue weighted by Gasteiger charge is 2.33. The summed E-state index contributed by atoms with van der Waals surface area (Å²) in [6.07, 6.45) is 2.67. The molecule has 156 valence electrons. The number of benzene rings is 2. The normalized spacial score (nSPS) is 14.9. The average molecular weight is 474 g/mol. The van der Waals surface area contributed by atoms with E-state index < -0.39 is 5.82 Å². The highest BCUT2D eigenvalue weighted by Crippen LogP contribution is 2.36. The molecule has 31 heavy (non-hydrogen) atoms. The predicted octanol–water partition coefficient (Wildman–Crippen LogP) is 5.48. The second kappa shape index (κ2) is 9.01. The lowest BCUT2D eigenvalue weighted by molar-refractivity contribution is -0.113. The molecule has 1 aliphatic heterocycles. The van der Waals surface area contributed by atoms with Crippen LogP contribution < -0.4 is 14.4 Å². The molecule has 0 N–H and O–H groups in total. The topological polar surface area (TPSA) is 64.5 Å². The zero-order valence-corrected chi connectivity index (χ0v) is 18.3. The summed E-state index contributed by atoms with van der Waals surface area (Å²) >= 11 is 12.3. The smallest absolute Gasteiger partial charge is 0.270 e. The molecule has 1 saturated heterocycles. The van der Waals surface area contributed by atoms with Crippen LogP contribution in [0, 0.1) is 5.82 Å². The molecule has 3 aromatic rings. The first-order valence-corrected chi connectivity index (χ1v) is 10.4. The molecule has 0 unspecified atom stereocenters. The number of aromatic nitrogens is 2. The molecule has 1 aliphatic rings. The van der Waals surface area contributed by atoms with Crippen LogP contribution in [-0.2, 0) is 4.79 Å². The molecular weight excluding hydrogens is 461 g/mol. The Balaban J connectivity index is 1.51. The Morgan fingerprint density at radius 3 is 2.48 bits per heavy atom. The van der Waals surface area contributed by atoms with Gasteiger partial charge in [0, 0.05) is 0 Å². The Kier molecular flexibility index (Phi) is 6.17. The lowest BCUT2D eigenvalue weighted by atomic mass is 10.2. The van der Waals surface area contributed by atoms with Crippen molar-refractivity contribution in [2.24, 2.45) is 0 Å². The molecule has 0 saturated carbocycles. The van der Waals surface area contributed by atoms with Crippen LogP contribution in [0.3, 0.4) is 0 Å². The van der Waals surface area contributed by atoms with Crippen molar-refractivity contribution < 1.29 is 18.7 Å². The van der Waals surface area contributed by atoms with E-state index >= 15 is 0 Å². The van der Waals surface area contributed by atoms with Crippen LogP contribution in [0.15, 0.2) is 59.6 Å². The van der Waals surface area contributed by atoms with Crippen LogP contribution in [-0.4, -0.2) is 27.3 Å². The highest BCUT2D eigenvalue weighted by molar-refractivity contribution is 8.27. The van der Waals surface area contributed by atoms with Gasteiger partial charge in [0.15, 0.2) is 4.32 Å². The Hall–Kier alpha value is -3.01. The minimum atomic E-state index is -0.726. The molecular formula is C21H13ClFN3O3S2. The van der Waals surface area contributed by atoms with Crippen LogP contribution in [0.4, 0.5) is 10.1 Å². The number of thiocarbonyl (C=S) groups is 1. The fourth-order valence-electron chi connectivity index (χ4n) is 2.72. The maximum Gasteiger partial charge on any atom is 0.270 e. The molecule has 1 aromatic heterocycles. The SMILES string of the molecule is COc1ccc(N2C(=O)/C(=C\c3ccc(Oc4nc(Cl)ncc4F)cc3)SC2=S)cc1. The third-order valence-corrected chi connectivity index (χ3v) is 5.68. The second-order valence-corrected chi connectivity index (χ2v) is 8.19. The first kappa shape index (κ1) is 21.2. The van der Waals surface area contributed by atoms with Crippen LogP contribution >= 0.6 is 35.6 Å². The quantitative estimate of drug-likeness (QED) is 0.276. The van der Waals surface area contributed by atoms with Gasteiger partial charge >= 0.3 is 0 Å². The Morgan fingerprint density at radius 2 is 1.81 bits per heavy atom. The van der Waals surface area contributed by atoms with Gasteiger partial charge in [-0.15, -0.1) is 0 Å². The summed E-state index contributed by atoms with van der Waals surface area (Å²) in [7, 11) is 1.58. The number of rotatable bonds is 5. The second-order valence-electron chi connectivity index (χ2n) is 6.18. The first-order valence-electron chi connectivity index (χ1n) is 8.82. The number of hydrogen-bond donors (Lipinski definition) is 0. The number of carbonyl (C=O) groups is 1. The van der Waals surface area contributed by atoms with Crippen molar-refractivity contribution in [2.45, 2.75) is 0 Å². The summed E-state index contributed by atoms with van der Waals surface area (Å²) in [5.74, 6) is -0.158. The van der Waals surface area contributed by atoms with E-state index in [1.165, 1.54) is 16.7 Å². The molecule has 2 heterocycles. The minimum Gasteiger partial charge on any atom is -0.497 e. The van der Waals surface area contributed by atoms with Crippen molar-refractivity contribution in [1.82, 2.24) is 9.97 Å². The van der Waals surface area contributed by atoms with Crippen molar-refractivity contribution in [1.29, 1.82) is 0 Å². The van der Waals surface area contributed by atoms with Crippen LogP contribution in [0.2, 0.25) is 5.28 Å². The molecule has 0 atom stereocenters. The zero-order valence-electron chi connectivity index (χ0n) is 15.9. The molecule has 1 fully saturated rings. The van der Waals surface area contributed by atoms with E-state index in [0.29, 0.717) is 26.4 Å². The van der Waals surface area contributed by atoms with Gasteiger partial charge in [0.25, 0.3) is 11.8 Å². The van der Waals surface area contributed by atoms with Gasteiger partial charge in [-0.1, -0.05) is 36.1 Å². The molecule has 10 heteroatoms. The number of methoxy groups -OCH3 is 1. The summed E-state index contributed by atoms with van der Waals surface area (Å²) in [6, 6.07) is 13.8. The van der Waals surface area contributed by atoms with Crippen molar-refractivity contribution >= 4 is 57.6 Å². The third-order valence-electron chi connectivity index (χ3n) is 4.20. The van der Waals surface area contributed by atoms with Gasteiger partial charge in [-0.3, -0.25) is 9.69 Å². The standard InChI is InChI=1S/C21H13ClFN3O3S2/c1-28-14-8-4-13(5-9-14)26-19(27)17(31-21(26)30)10-12-2-6-15(7-3-12)29-18-16(23)11-24-20(22)25-18/h2-11H,1H3/b17-10+. The predicted molar refractivity (Wildman–Crippen MR) is 122 cm³/mol. The van der Waals surface area contributed by atoms with Gasteiger partial charge in [0.1, 0.15) is 11.5 Å². The molecule has 0 radical (unpaired) electrons. The van der Waals surface area contributed by atoms with Gasteiger partial charge in [-0.05, 0) is 59.6 Å². The molecule has 0 bridgehead atoms. The van der Waals surface area contributed by atoms with E-state index in [2.05, 4.69) is 9.97 Å². The maximum atomic E-state index is 13.7. The average Bonchev–Trinajstić information content (AvgIpc) is 3.05. The molecule has 6 nitrogen and oxygen atoms in total. The fraction of sp³-hybridized carbons (Fsp3) is 0.0476. The summed E-state index contributed by atoms with van der Waals surface area (Å²) < 4.78 is 24.7. The highest BCUT2D eigenvalue weighted by atomic mass is 35.5. The number of anilines is 1. The van der Waals surface area contributed by atoms with Gasteiger partial charge < -0.3 is 9.47 Å². The van der Waals surface area contributed by atoms with Gasteiger partial charge in [-0.25, -0.2) is 4.98 Å². The number of hydrogen-bond acceptors (Lipinski definition) is 7. The fourth-order valence-corrected chi connectivity index (χ4v) is 4.14. The van der Waals surface area contributed by atoms with E-state index in [-0.39, 0.29) is 17.1 Å². The minimum absolute atomic E-state index is 0.119. The molecule has 0 spiro atoms. The van der Waals surface area contributed by atoms with E-state index in [4.69, 9.17) is 33.3 Å². The number of amides is 1. The number of nitrogens with zero attached hydrogens (tertiary/aromatic N) is 3. The molecule has 2 aromatic carbocycles. The summed E-state index contributed by atoms with van der Waals surface area (Å²) in [4.78, 5) is 22.1. The Labute approximate surface area is 191 Å². The molecule has 4 rings (SSSR count). The van der Waals surface area contributed by atoms with E-state index in [1.54, 1.807) is 61.7 Å². The van der Waals surface area contributed by atoms with Crippen LogP contribution in [0.1, 0.15) is 5.56 Å². The molecule has 1 amide bonds. The summed E-state index contributed by atoms with van der Waals surface area (Å²) in [6.45, 7) is 0. The van der Waals surface area contributed by atoms with E-state index in [1.807, 2.05) is 0 Å². The monoisotopic (exact) mass is 473 g/mol. The maximum absolute atomic E-state index is 13.7. The van der Waals surface area contributed by atoms with Gasteiger partial charge in [-0.2, -0.15) is 9.37 Å². The van der Waals surface area contributed by atoms with Crippen molar-refractivity contribution in [3.63, 3.8) is 0 Å². The van der Waals surface area contributed by atoms with Crippen LogP contribution in [0.25, 0.3) is 6.08 Å². The van der Waals surface area contributed by atoms with Crippen molar-refractivity contribution in [3.05, 3.63) is 76.3 Å². The van der Waals surface area contributed by atoms with Crippen LogP contribution in [0.5, 0.6) is 17.4 Å². The number of ether oxygens (including phenoxy) is 2. The van der Waals surface area contributed by atoms with E-state index in [0.717, 1.165) is 11.8 Å². The number of carbonyl (C=O) groups excluding carboxylic acids is 1. The third kappa shape index (κ3) is 4.68.